The number of terminal acetylenes is 1. The van der Waals surface area contributed by atoms with Crippen molar-refractivity contribution in [1.82, 2.24) is 0 Å². The van der Waals surface area contributed by atoms with Crippen molar-refractivity contribution in [3.63, 3.8) is 0 Å². The molecule has 1 N–H and O–H groups in total. The largest absolute Gasteiger partial charge is 0.478 e. The molecule has 1 amide bonds. The summed E-state index contributed by atoms with van der Waals surface area (Å²) in [6.07, 6.45) is 6.67. The number of carbonyl (C=O) groups is 2. The molecule has 3 rings (SSSR count). The number of carbonyl (C=O) groups excluding carboxylic acids is 1. The number of piperidine rings is 1. The monoisotopic (exact) mass is 424 g/mol. The van der Waals surface area contributed by atoms with Gasteiger partial charge in [-0.2, -0.15) is 8.78 Å². The second kappa shape index (κ2) is 8.96. The van der Waals surface area contributed by atoms with Crippen molar-refractivity contribution in [3.05, 3.63) is 23.8 Å². The minimum Gasteiger partial charge on any atom is -0.478 e. The van der Waals surface area contributed by atoms with Gasteiger partial charge in [0.25, 0.3) is 0 Å². The number of aromatic carboxylic acids is 1. The van der Waals surface area contributed by atoms with Crippen molar-refractivity contribution in [2.45, 2.75) is 31.6 Å². The van der Waals surface area contributed by atoms with Crippen LogP contribution in [0.4, 0.5) is 24.6 Å². The lowest BCUT2D eigenvalue weighted by atomic mass is 9.92. The van der Waals surface area contributed by atoms with Crippen LogP contribution in [0, 0.1) is 24.2 Å². The van der Waals surface area contributed by atoms with E-state index in [0.717, 1.165) is 12.1 Å². The maximum atomic E-state index is 14.9. The average molecular weight is 424 g/mol. The lowest BCUT2D eigenvalue weighted by Gasteiger charge is -2.33. The van der Waals surface area contributed by atoms with Crippen LogP contribution < -0.4 is 10.0 Å². The van der Waals surface area contributed by atoms with E-state index in [1.807, 2.05) is 4.90 Å². The van der Waals surface area contributed by atoms with Crippen LogP contribution in [0.25, 0.3) is 0 Å². The summed E-state index contributed by atoms with van der Waals surface area (Å²) in [6.45, 7) is 1.23. The van der Waals surface area contributed by atoms with Crippen LogP contribution in [-0.4, -0.2) is 49.2 Å². The Labute approximate surface area is 172 Å². The van der Waals surface area contributed by atoms with E-state index in [1.165, 1.54) is 6.07 Å². The number of halogens is 3. The highest BCUT2D eigenvalue weighted by Crippen LogP contribution is 2.37. The molecule has 162 valence electrons. The number of carboxylic acid groups (broad SMARTS) is 1. The Morgan fingerprint density at radius 3 is 2.40 bits per heavy atom. The van der Waals surface area contributed by atoms with Gasteiger partial charge in [0.2, 0.25) is 0 Å². The van der Waals surface area contributed by atoms with Crippen LogP contribution in [0.3, 0.4) is 0 Å². The molecular weight excluding hydrogens is 401 g/mol. The number of benzene rings is 1. The number of anilines is 2. The second-order valence-corrected chi connectivity index (χ2v) is 7.53. The minimum atomic E-state index is -3.98. The number of ether oxygens (including phenoxy) is 1. The van der Waals surface area contributed by atoms with Gasteiger partial charge in [-0.15, -0.1) is 17.5 Å². The third-order valence-electron chi connectivity index (χ3n) is 5.72. The molecule has 0 spiro atoms. The Morgan fingerprint density at radius 2 is 1.83 bits per heavy atom. The van der Waals surface area contributed by atoms with Crippen LogP contribution >= 0.6 is 0 Å². The van der Waals surface area contributed by atoms with Gasteiger partial charge in [-0.3, -0.25) is 4.79 Å². The summed E-state index contributed by atoms with van der Waals surface area (Å²) < 4.78 is 49.2. The Balaban J connectivity index is 1.87. The Hall–Kier alpha value is -2.73. The highest BCUT2D eigenvalue weighted by atomic mass is 19.3. The first-order valence-electron chi connectivity index (χ1n) is 9.80. The van der Waals surface area contributed by atoms with Crippen molar-refractivity contribution in [3.8, 4) is 12.3 Å². The minimum absolute atomic E-state index is 0.0588. The van der Waals surface area contributed by atoms with Crippen LogP contribution in [0.1, 0.15) is 36.0 Å². The maximum Gasteiger partial charge on any atom is 0.337 e. The van der Waals surface area contributed by atoms with Crippen LogP contribution in [0.5, 0.6) is 0 Å². The fourth-order valence-electron chi connectivity index (χ4n) is 3.84. The van der Waals surface area contributed by atoms with Crippen molar-refractivity contribution in [2.24, 2.45) is 11.8 Å². The summed E-state index contributed by atoms with van der Waals surface area (Å²) in [7, 11) is 0. The number of alkyl halides is 2. The molecular formula is C21H23F3N2O4. The fraction of sp³-hybridized carbons (Fsp3) is 0.524. The van der Waals surface area contributed by atoms with E-state index in [9.17, 15) is 28.0 Å². The number of hydrogen-bond donors (Lipinski definition) is 1. The van der Waals surface area contributed by atoms with Crippen molar-refractivity contribution in [1.29, 1.82) is 0 Å². The van der Waals surface area contributed by atoms with E-state index in [2.05, 4.69) is 5.92 Å². The first-order valence-corrected chi connectivity index (χ1v) is 9.80. The molecule has 1 aromatic carbocycles. The zero-order valence-electron chi connectivity index (χ0n) is 16.3. The normalized spacial score (nSPS) is 18.7. The van der Waals surface area contributed by atoms with Gasteiger partial charge < -0.3 is 14.7 Å². The zero-order valence-corrected chi connectivity index (χ0v) is 16.3. The summed E-state index contributed by atoms with van der Waals surface area (Å²) >= 11 is 0. The lowest BCUT2D eigenvalue weighted by Crippen LogP contribution is -2.47. The molecule has 2 aliphatic heterocycles. The molecule has 2 aliphatic rings. The lowest BCUT2D eigenvalue weighted by molar-refractivity contribution is -0.159. The smallest absolute Gasteiger partial charge is 0.337 e. The summed E-state index contributed by atoms with van der Waals surface area (Å²) in [5.41, 5.74) is -0.845. The second-order valence-electron chi connectivity index (χ2n) is 7.53. The number of carboxylic acids is 1. The first kappa shape index (κ1) is 22.0. The first-order chi connectivity index (χ1) is 14.3. The van der Waals surface area contributed by atoms with E-state index >= 15 is 0 Å². The van der Waals surface area contributed by atoms with Gasteiger partial charge in [0.15, 0.2) is 0 Å². The molecule has 9 heteroatoms. The summed E-state index contributed by atoms with van der Waals surface area (Å²) in [6, 6.07) is 3.71. The van der Waals surface area contributed by atoms with Crippen molar-refractivity contribution < 1.29 is 32.7 Å². The van der Waals surface area contributed by atoms with Gasteiger partial charge in [-0.05, 0) is 43.9 Å². The van der Waals surface area contributed by atoms with Gasteiger partial charge in [-0.1, -0.05) is 4.48 Å². The molecule has 2 saturated heterocycles. The van der Waals surface area contributed by atoms with E-state index < -0.39 is 40.1 Å². The van der Waals surface area contributed by atoms with Crippen molar-refractivity contribution >= 4 is 23.3 Å². The third kappa shape index (κ3) is 4.38. The molecule has 0 radical (unpaired) electrons. The van der Waals surface area contributed by atoms with Crippen LogP contribution in [-0.2, 0) is 9.53 Å². The molecule has 2 heterocycles. The Morgan fingerprint density at radius 1 is 1.20 bits per heavy atom. The third-order valence-corrected chi connectivity index (χ3v) is 5.72. The highest BCUT2D eigenvalue weighted by molar-refractivity contribution is 6.03. The van der Waals surface area contributed by atoms with Gasteiger partial charge in [0.05, 0.1) is 11.3 Å². The molecule has 0 saturated carbocycles. The summed E-state index contributed by atoms with van der Waals surface area (Å²) in [5, 5.41) is 8.65. The molecule has 30 heavy (non-hydrogen) atoms. The van der Waals surface area contributed by atoms with E-state index in [1.54, 1.807) is 0 Å². The van der Waals surface area contributed by atoms with Gasteiger partial charge >= 0.3 is 17.8 Å². The molecule has 0 bridgehead atoms. The predicted octanol–water partition coefficient (Wildman–Crippen LogP) is 3.51. The molecule has 6 nitrogen and oxygen atoms in total. The zero-order chi connectivity index (χ0) is 21.9. The molecule has 1 aromatic rings. The maximum absolute atomic E-state index is 14.9. The number of nitrogens with zero attached hydrogens (tertiary/aromatic N) is 2. The Kier molecular flexibility index (Phi) is 6.56. The molecule has 0 unspecified atom stereocenters. The summed E-state index contributed by atoms with van der Waals surface area (Å²) in [4.78, 5) is 25.7. The average Bonchev–Trinajstić information content (AvgIpc) is 2.78. The van der Waals surface area contributed by atoms with E-state index in [0.29, 0.717) is 31.6 Å². The van der Waals surface area contributed by atoms with Gasteiger partial charge in [-0.25, -0.2) is 4.79 Å². The quantitative estimate of drug-likeness (QED) is 0.579. The molecule has 0 atom stereocenters. The fourth-order valence-corrected chi connectivity index (χ4v) is 3.84. The number of amides is 1. The van der Waals surface area contributed by atoms with Gasteiger partial charge in [0.1, 0.15) is 0 Å². The molecule has 0 aliphatic carbocycles. The number of hydrogen-bond acceptors (Lipinski definition) is 4. The van der Waals surface area contributed by atoms with E-state index in [-0.39, 0.29) is 32.0 Å². The van der Waals surface area contributed by atoms with Gasteiger partial charge in [0, 0.05) is 43.8 Å². The predicted molar refractivity (Wildman–Crippen MR) is 104 cm³/mol. The topological polar surface area (TPSA) is 70.1 Å². The van der Waals surface area contributed by atoms with Crippen molar-refractivity contribution in [2.75, 3.05) is 36.3 Å². The SMILES string of the molecule is C#CC1CCN(c2ccc(C(=O)O)c(N(F)C(=O)C(F)(F)C3CCOCC3)c2)CC1. The molecule has 2 fully saturated rings. The standard InChI is InChI=1S/C21H23F3N2O4/c1-2-14-5-9-25(10-6-14)16-3-4-17(19(27)28)18(13-16)26(24)20(29)21(22,23)15-7-11-30-12-8-15/h1,3-4,13-15H,5-12H2,(H,27,28). The van der Waals surface area contributed by atoms with Crippen LogP contribution in [0.15, 0.2) is 18.2 Å². The Bertz CT molecular complexity index is 841. The number of rotatable bonds is 5. The summed E-state index contributed by atoms with van der Waals surface area (Å²) in [5.74, 6) is -6.13. The van der Waals surface area contributed by atoms with Crippen LogP contribution in [0.2, 0.25) is 0 Å². The molecule has 0 aromatic heterocycles. The van der Waals surface area contributed by atoms with E-state index in [4.69, 9.17) is 11.2 Å². The highest BCUT2D eigenvalue weighted by Gasteiger charge is 2.51.